The number of hydrogen-bond acceptors (Lipinski definition) is 3. The van der Waals surface area contributed by atoms with Crippen LogP contribution in [0.15, 0.2) is 36.7 Å². The topological polar surface area (TPSA) is 42.2 Å². The maximum atomic E-state index is 4.79. The second-order valence-corrected chi connectivity index (χ2v) is 5.04. The van der Waals surface area contributed by atoms with E-state index in [2.05, 4.69) is 42.3 Å². The van der Waals surface area contributed by atoms with Crippen LogP contribution in [0.2, 0.25) is 0 Å². The summed E-state index contributed by atoms with van der Waals surface area (Å²) in [7, 11) is 1.93. The highest BCUT2D eigenvalue weighted by Crippen LogP contribution is 2.27. The zero-order chi connectivity index (χ0) is 14.1. The highest BCUT2D eigenvalue weighted by atomic mass is 15.1. The lowest BCUT2D eigenvalue weighted by Gasteiger charge is -2.04. The fourth-order valence-corrected chi connectivity index (χ4v) is 2.44. The van der Waals surface area contributed by atoms with E-state index in [0.717, 1.165) is 29.3 Å². The van der Waals surface area contributed by atoms with E-state index in [9.17, 15) is 0 Å². The maximum Gasteiger partial charge on any atom is 0.164 e. The summed E-state index contributed by atoms with van der Waals surface area (Å²) in [4.78, 5) is 9.29. The summed E-state index contributed by atoms with van der Waals surface area (Å²) in [6.07, 6.45) is 3.82. The molecule has 3 rings (SSSR count). The molecule has 102 valence electrons. The number of benzene rings is 1. The van der Waals surface area contributed by atoms with Crippen LogP contribution < -0.4 is 5.32 Å². The Hall–Kier alpha value is -2.20. The van der Waals surface area contributed by atoms with Gasteiger partial charge < -0.3 is 5.32 Å². The molecule has 1 aromatic carbocycles. The Morgan fingerprint density at radius 2 is 2.10 bits per heavy atom. The molecule has 0 bridgehead atoms. The van der Waals surface area contributed by atoms with Crippen LogP contribution in [0.4, 0.5) is 0 Å². The molecule has 0 spiro atoms. The summed E-state index contributed by atoms with van der Waals surface area (Å²) in [6.45, 7) is 4.93. The van der Waals surface area contributed by atoms with Gasteiger partial charge in [-0.15, -0.1) is 0 Å². The smallest absolute Gasteiger partial charge is 0.164 e. The molecule has 2 heterocycles. The van der Waals surface area contributed by atoms with Crippen molar-refractivity contribution in [2.45, 2.75) is 20.4 Å². The number of nitrogens with zero attached hydrogens (tertiary/aromatic N) is 3. The van der Waals surface area contributed by atoms with Gasteiger partial charge >= 0.3 is 0 Å². The molecule has 0 radical (unpaired) electrons. The Kier molecular flexibility index (Phi) is 3.24. The lowest BCUT2D eigenvalue weighted by atomic mass is 10.0. The molecule has 4 heteroatoms. The van der Waals surface area contributed by atoms with Crippen LogP contribution in [-0.2, 0) is 6.54 Å². The summed E-state index contributed by atoms with van der Waals surface area (Å²) in [5, 5.41) is 3.16. The van der Waals surface area contributed by atoms with E-state index in [1.807, 2.05) is 29.9 Å². The number of aromatic nitrogens is 3. The van der Waals surface area contributed by atoms with E-state index in [0.29, 0.717) is 0 Å². The molecule has 20 heavy (non-hydrogen) atoms. The minimum absolute atomic E-state index is 0.720. The normalized spacial score (nSPS) is 11.2. The lowest BCUT2D eigenvalue weighted by Crippen LogP contribution is -2.08. The molecule has 4 nitrogen and oxygen atoms in total. The van der Waals surface area contributed by atoms with Crippen LogP contribution >= 0.6 is 0 Å². The molecular weight excluding hydrogens is 248 g/mol. The van der Waals surface area contributed by atoms with Crippen LogP contribution in [0.3, 0.4) is 0 Å². The minimum atomic E-state index is 0.720. The molecule has 3 aromatic rings. The molecule has 0 aliphatic rings. The maximum absolute atomic E-state index is 4.79. The van der Waals surface area contributed by atoms with Crippen LogP contribution in [0, 0.1) is 13.8 Å². The molecular formula is C16H18N4. The Morgan fingerprint density at radius 1 is 1.25 bits per heavy atom. The predicted molar refractivity (Wildman–Crippen MR) is 80.7 cm³/mol. The number of hydrogen-bond donors (Lipinski definition) is 1. The summed E-state index contributed by atoms with van der Waals surface area (Å²) in [5.74, 6) is 0.978. The largest absolute Gasteiger partial charge is 0.313 e. The van der Waals surface area contributed by atoms with Gasteiger partial charge in [0, 0.05) is 18.0 Å². The van der Waals surface area contributed by atoms with Gasteiger partial charge in [-0.2, -0.15) is 0 Å². The zero-order valence-electron chi connectivity index (χ0n) is 12.0. The Bertz CT molecular complexity index is 758. The quantitative estimate of drug-likeness (QED) is 0.792. The Morgan fingerprint density at radius 3 is 2.90 bits per heavy atom. The number of fused-ring (bicyclic) bond motifs is 1. The van der Waals surface area contributed by atoms with Crippen LogP contribution in [0.25, 0.3) is 16.9 Å². The molecule has 0 saturated heterocycles. The van der Waals surface area contributed by atoms with E-state index in [1.165, 1.54) is 11.1 Å². The Balaban J connectivity index is 2.28. The molecule has 2 aromatic heterocycles. The van der Waals surface area contributed by atoms with Crippen molar-refractivity contribution in [3.63, 3.8) is 0 Å². The molecule has 0 aliphatic heterocycles. The molecule has 0 atom stereocenters. The number of imidazole rings is 1. The van der Waals surface area contributed by atoms with Gasteiger partial charge in [0.05, 0.1) is 6.54 Å². The van der Waals surface area contributed by atoms with Crippen molar-refractivity contribution in [1.29, 1.82) is 0 Å². The summed E-state index contributed by atoms with van der Waals surface area (Å²) >= 11 is 0. The van der Waals surface area contributed by atoms with Gasteiger partial charge in [0.1, 0.15) is 11.5 Å². The van der Waals surface area contributed by atoms with E-state index in [-0.39, 0.29) is 0 Å². The number of rotatable bonds is 3. The highest BCUT2D eigenvalue weighted by Gasteiger charge is 2.14. The second kappa shape index (κ2) is 5.06. The first-order valence-corrected chi connectivity index (χ1v) is 6.75. The van der Waals surface area contributed by atoms with Crippen molar-refractivity contribution in [3.8, 4) is 11.3 Å². The highest BCUT2D eigenvalue weighted by molar-refractivity contribution is 5.77. The van der Waals surface area contributed by atoms with Gasteiger partial charge in [-0.1, -0.05) is 17.7 Å². The third kappa shape index (κ3) is 2.08. The van der Waals surface area contributed by atoms with Crippen LogP contribution in [0.1, 0.15) is 17.0 Å². The molecule has 0 saturated carbocycles. The molecule has 0 aliphatic carbocycles. The second-order valence-electron chi connectivity index (χ2n) is 5.04. The molecule has 0 fully saturated rings. The van der Waals surface area contributed by atoms with Crippen LogP contribution in [-0.4, -0.2) is 21.4 Å². The standard InChI is InChI=1S/C16H18N4/c1-11-5-6-12(2)13(9-11)15-16-18-7-4-8-20(16)14(19-15)10-17-3/h4-9,17H,10H2,1-3H3. The Labute approximate surface area is 118 Å². The first-order valence-electron chi connectivity index (χ1n) is 6.75. The van der Waals surface area contributed by atoms with Gasteiger partial charge in [0.25, 0.3) is 0 Å². The fraction of sp³-hybridized carbons (Fsp3) is 0.250. The average molecular weight is 266 g/mol. The summed E-state index contributed by atoms with van der Waals surface area (Å²) in [5.41, 5.74) is 5.47. The van der Waals surface area contributed by atoms with Gasteiger partial charge in [0.2, 0.25) is 0 Å². The van der Waals surface area contributed by atoms with E-state index in [1.54, 1.807) is 0 Å². The molecule has 0 amide bonds. The van der Waals surface area contributed by atoms with Crippen molar-refractivity contribution < 1.29 is 0 Å². The molecule has 0 unspecified atom stereocenters. The van der Waals surface area contributed by atoms with Crippen molar-refractivity contribution in [2.75, 3.05) is 7.05 Å². The number of aryl methyl sites for hydroxylation is 2. The first kappa shape index (κ1) is 12.8. The molecule has 1 N–H and O–H groups in total. The first-order chi connectivity index (χ1) is 9.70. The van der Waals surface area contributed by atoms with Gasteiger partial charge in [-0.05, 0) is 38.6 Å². The van der Waals surface area contributed by atoms with Gasteiger partial charge in [-0.3, -0.25) is 4.40 Å². The SMILES string of the molecule is CNCc1nc(-c2cc(C)ccc2C)c2ncccn12. The number of nitrogens with one attached hydrogen (secondary N) is 1. The minimum Gasteiger partial charge on any atom is -0.313 e. The fourth-order valence-electron chi connectivity index (χ4n) is 2.44. The third-order valence-electron chi connectivity index (χ3n) is 3.46. The summed E-state index contributed by atoms with van der Waals surface area (Å²) in [6, 6.07) is 8.37. The zero-order valence-corrected chi connectivity index (χ0v) is 12.0. The van der Waals surface area contributed by atoms with Crippen molar-refractivity contribution in [3.05, 3.63) is 53.6 Å². The average Bonchev–Trinajstić information content (AvgIpc) is 2.81. The van der Waals surface area contributed by atoms with E-state index < -0.39 is 0 Å². The van der Waals surface area contributed by atoms with Crippen molar-refractivity contribution >= 4 is 5.65 Å². The van der Waals surface area contributed by atoms with Crippen molar-refractivity contribution in [1.82, 2.24) is 19.7 Å². The third-order valence-corrected chi connectivity index (χ3v) is 3.46. The summed E-state index contributed by atoms with van der Waals surface area (Å²) < 4.78 is 2.05. The van der Waals surface area contributed by atoms with E-state index in [4.69, 9.17) is 4.98 Å². The van der Waals surface area contributed by atoms with Crippen LogP contribution in [0.5, 0.6) is 0 Å². The van der Waals surface area contributed by atoms with Gasteiger partial charge in [0.15, 0.2) is 5.65 Å². The van der Waals surface area contributed by atoms with Gasteiger partial charge in [-0.25, -0.2) is 9.97 Å². The monoisotopic (exact) mass is 266 g/mol. The van der Waals surface area contributed by atoms with Crippen molar-refractivity contribution in [2.24, 2.45) is 0 Å². The predicted octanol–water partition coefficient (Wildman–Crippen LogP) is 2.73. The lowest BCUT2D eigenvalue weighted by molar-refractivity contribution is 0.754. The van der Waals surface area contributed by atoms with E-state index >= 15 is 0 Å².